The molecule has 1 amide bonds. The van der Waals surface area contributed by atoms with E-state index in [2.05, 4.69) is 0 Å². The maximum Gasteiger partial charge on any atom is 0.491 e. The van der Waals surface area contributed by atoms with Crippen LogP contribution in [0.25, 0.3) is 0 Å². The fraction of sp³-hybridized carbons (Fsp3) is 0.778. The molecule has 0 spiro atoms. The van der Waals surface area contributed by atoms with Gasteiger partial charge in [-0.15, -0.1) is 0 Å². The van der Waals surface area contributed by atoms with Crippen molar-refractivity contribution >= 4 is 19.2 Å². The Labute approximate surface area is 156 Å². The van der Waals surface area contributed by atoms with Gasteiger partial charge in [0, 0.05) is 6.54 Å². The Kier molecular flexibility index (Phi) is 5.50. The number of nitrogens with zero attached hydrogens (tertiary/aromatic N) is 1. The van der Waals surface area contributed by atoms with Gasteiger partial charge in [-0.1, -0.05) is 0 Å². The van der Waals surface area contributed by atoms with Crippen LogP contribution in [-0.2, 0) is 23.6 Å². The fourth-order valence-corrected chi connectivity index (χ4v) is 2.82. The van der Waals surface area contributed by atoms with Gasteiger partial charge in [0.15, 0.2) is 0 Å². The number of rotatable bonds is 2. The second-order valence-corrected chi connectivity index (χ2v) is 8.74. The van der Waals surface area contributed by atoms with Crippen LogP contribution in [0.15, 0.2) is 11.0 Å². The van der Waals surface area contributed by atoms with Gasteiger partial charge in [-0.3, -0.25) is 0 Å². The van der Waals surface area contributed by atoms with Crippen molar-refractivity contribution in [1.29, 1.82) is 0 Å². The van der Waals surface area contributed by atoms with Crippen molar-refractivity contribution in [1.82, 2.24) is 4.90 Å². The third-order valence-corrected chi connectivity index (χ3v) is 5.01. The molecule has 8 heteroatoms. The molecule has 0 unspecified atom stereocenters. The van der Waals surface area contributed by atoms with Crippen molar-refractivity contribution in [2.45, 2.75) is 71.7 Å². The molecule has 0 N–H and O–H groups in total. The lowest BCUT2D eigenvalue weighted by Crippen LogP contribution is -2.44. The van der Waals surface area contributed by atoms with Crippen LogP contribution in [-0.4, -0.2) is 61.1 Å². The molecule has 1 saturated heterocycles. The third-order valence-electron chi connectivity index (χ3n) is 5.01. The molecule has 2 aliphatic heterocycles. The van der Waals surface area contributed by atoms with Crippen LogP contribution in [0.4, 0.5) is 4.79 Å². The number of ether oxygens (including phenoxy) is 2. The van der Waals surface area contributed by atoms with Crippen LogP contribution in [0.5, 0.6) is 0 Å². The summed E-state index contributed by atoms with van der Waals surface area (Å²) >= 11 is 0. The topological polar surface area (TPSA) is 74.3 Å². The molecule has 7 nitrogen and oxygen atoms in total. The van der Waals surface area contributed by atoms with E-state index in [4.69, 9.17) is 18.8 Å². The van der Waals surface area contributed by atoms with E-state index in [1.165, 1.54) is 12.0 Å². The molecule has 146 valence electrons. The van der Waals surface area contributed by atoms with Crippen LogP contribution in [0, 0.1) is 0 Å². The first kappa shape index (κ1) is 20.8. The molecule has 0 aliphatic carbocycles. The van der Waals surface area contributed by atoms with Crippen LogP contribution in [0.2, 0.25) is 0 Å². The number of esters is 1. The van der Waals surface area contributed by atoms with Crippen molar-refractivity contribution in [3.05, 3.63) is 11.0 Å². The van der Waals surface area contributed by atoms with Crippen molar-refractivity contribution in [2.24, 2.45) is 0 Å². The van der Waals surface area contributed by atoms with Gasteiger partial charge in [-0.25, -0.2) is 9.59 Å². The Morgan fingerprint density at radius 3 is 2.12 bits per heavy atom. The molecule has 0 aromatic rings. The normalized spacial score (nSPS) is 22.5. The number of methoxy groups -OCH3 is 1. The average Bonchev–Trinajstić information content (AvgIpc) is 2.72. The summed E-state index contributed by atoms with van der Waals surface area (Å²) < 4.78 is 22.5. The van der Waals surface area contributed by atoms with Crippen LogP contribution in [0.1, 0.15) is 54.9 Å². The number of carbonyl (C=O) groups excluding carboxylic acids is 2. The zero-order chi connectivity index (χ0) is 19.9. The molecule has 2 heterocycles. The SMILES string of the molecule is COC(=O)C1=C(B2OC(C)(C)C(C)(C)O2)CCN(C(=O)OC(C)(C)C)C1. The maximum atomic E-state index is 12.4. The summed E-state index contributed by atoms with van der Waals surface area (Å²) in [7, 11) is 0.693. The van der Waals surface area contributed by atoms with E-state index in [1.54, 1.807) is 0 Å². The quantitative estimate of drug-likeness (QED) is 0.552. The lowest BCUT2D eigenvalue weighted by atomic mass is 9.71. The first-order valence-corrected chi connectivity index (χ1v) is 8.91. The highest BCUT2D eigenvalue weighted by Crippen LogP contribution is 2.40. The fourth-order valence-electron chi connectivity index (χ4n) is 2.82. The smallest absolute Gasteiger partial charge is 0.466 e. The molecule has 0 radical (unpaired) electrons. The van der Waals surface area contributed by atoms with E-state index in [0.717, 1.165) is 5.47 Å². The van der Waals surface area contributed by atoms with Crippen LogP contribution >= 0.6 is 0 Å². The van der Waals surface area contributed by atoms with Gasteiger partial charge in [-0.05, 0) is 60.4 Å². The first-order chi connectivity index (χ1) is 11.8. The minimum atomic E-state index is -0.630. The minimum Gasteiger partial charge on any atom is -0.466 e. The van der Waals surface area contributed by atoms with Crippen molar-refractivity contribution in [2.75, 3.05) is 20.2 Å². The van der Waals surface area contributed by atoms with E-state index in [0.29, 0.717) is 18.5 Å². The molecular weight excluding hydrogens is 337 g/mol. The van der Waals surface area contributed by atoms with E-state index >= 15 is 0 Å². The molecule has 0 aromatic heterocycles. The highest BCUT2D eigenvalue weighted by Gasteiger charge is 2.53. The van der Waals surface area contributed by atoms with Crippen LogP contribution < -0.4 is 0 Å². The van der Waals surface area contributed by atoms with Gasteiger partial charge < -0.3 is 23.7 Å². The summed E-state index contributed by atoms with van der Waals surface area (Å²) in [6.07, 6.45) is 0.00686. The lowest BCUT2D eigenvalue weighted by Gasteiger charge is -2.32. The Bertz CT molecular complexity index is 604. The minimum absolute atomic E-state index is 0.112. The van der Waals surface area contributed by atoms with E-state index in [9.17, 15) is 9.59 Å². The molecule has 2 aliphatic rings. The average molecular weight is 367 g/mol. The number of carbonyl (C=O) groups is 2. The predicted molar refractivity (Wildman–Crippen MR) is 97.5 cm³/mol. The monoisotopic (exact) mass is 367 g/mol. The lowest BCUT2D eigenvalue weighted by molar-refractivity contribution is -0.136. The Hall–Kier alpha value is -1.54. The van der Waals surface area contributed by atoms with E-state index in [1.807, 2.05) is 48.5 Å². The summed E-state index contributed by atoms with van der Waals surface area (Å²) in [5.41, 5.74) is -0.487. The highest BCUT2D eigenvalue weighted by atomic mass is 16.7. The second-order valence-electron chi connectivity index (χ2n) is 8.74. The number of hydrogen-bond donors (Lipinski definition) is 0. The van der Waals surface area contributed by atoms with Gasteiger partial charge in [0.05, 0.1) is 30.4 Å². The molecule has 0 atom stereocenters. The standard InChI is InChI=1S/C18H30BNO6/c1-16(2,3)24-15(22)20-10-9-13(12(11-20)14(21)23-8)19-25-17(4,5)18(6,7)26-19/h9-11H2,1-8H3. The molecule has 0 bridgehead atoms. The molecular formula is C18H30BNO6. The summed E-state index contributed by atoms with van der Waals surface area (Å²) in [4.78, 5) is 26.2. The van der Waals surface area contributed by atoms with Gasteiger partial charge in [-0.2, -0.15) is 0 Å². The highest BCUT2D eigenvalue weighted by molar-refractivity contribution is 6.55. The third kappa shape index (κ3) is 4.23. The van der Waals surface area contributed by atoms with Gasteiger partial charge >= 0.3 is 19.2 Å². The van der Waals surface area contributed by atoms with Crippen molar-refractivity contribution < 1.29 is 28.4 Å². The van der Waals surface area contributed by atoms with Crippen molar-refractivity contribution in [3.63, 3.8) is 0 Å². The summed E-state index contributed by atoms with van der Waals surface area (Å²) in [5.74, 6) is -0.483. The molecule has 1 fully saturated rings. The van der Waals surface area contributed by atoms with Crippen molar-refractivity contribution in [3.8, 4) is 0 Å². The van der Waals surface area contributed by atoms with E-state index in [-0.39, 0.29) is 6.54 Å². The van der Waals surface area contributed by atoms with Crippen LogP contribution in [0.3, 0.4) is 0 Å². The largest absolute Gasteiger partial charge is 0.491 e. The number of hydrogen-bond acceptors (Lipinski definition) is 6. The zero-order valence-electron chi connectivity index (χ0n) is 17.1. The Balaban J connectivity index is 2.27. The Morgan fingerprint density at radius 2 is 1.65 bits per heavy atom. The summed E-state index contributed by atoms with van der Waals surface area (Å²) in [6.45, 7) is 13.8. The molecule has 0 aromatic carbocycles. The van der Waals surface area contributed by atoms with Gasteiger partial charge in [0.25, 0.3) is 0 Å². The molecule has 26 heavy (non-hydrogen) atoms. The zero-order valence-corrected chi connectivity index (χ0v) is 17.1. The second kappa shape index (κ2) is 6.89. The van der Waals surface area contributed by atoms with E-state index < -0.39 is 36.0 Å². The summed E-state index contributed by atoms with van der Waals surface area (Å²) in [6, 6.07) is 0. The first-order valence-electron chi connectivity index (χ1n) is 8.91. The molecule has 0 saturated carbocycles. The number of amides is 1. The maximum absolute atomic E-state index is 12.4. The van der Waals surface area contributed by atoms with Gasteiger partial charge in [0.1, 0.15) is 5.60 Å². The molecule has 2 rings (SSSR count). The summed E-state index contributed by atoms with van der Waals surface area (Å²) in [5, 5.41) is 0. The Morgan fingerprint density at radius 1 is 1.12 bits per heavy atom. The predicted octanol–water partition coefficient (Wildman–Crippen LogP) is 2.73. The van der Waals surface area contributed by atoms with Gasteiger partial charge in [0.2, 0.25) is 0 Å².